The predicted molar refractivity (Wildman–Crippen MR) is 88.7 cm³/mol. The van der Waals surface area contributed by atoms with Crippen LogP contribution < -0.4 is 11.0 Å². The number of aromatic amines is 1. The van der Waals surface area contributed by atoms with Crippen molar-refractivity contribution in [3.8, 4) is 0 Å². The standard InChI is InChI=1S/C14H19BrN4OS/c1-14(2,3)16-8-9-5-6-10(15)7-11(9)21-13-18-17-12(20)19(13)4/h5-7,16H,8H2,1-4H3,(H,17,20). The molecule has 114 valence electrons. The van der Waals surface area contributed by atoms with E-state index < -0.39 is 0 Å². The second-order valence-corrected chi connectivity index (χ2v) is 7.75. The van der Waals surface area contributed by atoms with Crippen LogP contribution in [0.25, 0.3) is 0 Å². The van der Waals surface area contributed by atoms with Crippen molar-refractivity contribution in [2.24, 2.45) is 7.05 Å². The fourth-order valence-electron chi connectivity index (χ4n) is 1.65. The Morgan fingerprint density at radius 3 is 2.71 bits per heavy atom. The molecule has 0 spiro atoms. The summed E-state index contributed by atoms with van der Waals surface area (Å²) >= 11 is 4.97. The summed E-state index contributed by atoms with van der Waals surface area (Å²) in [6.45, 7) is 7.17. The van der Waals surface area contributed by atoms with E-state index in [0.717, 1.165) is 15.9 Å². The van der Waals surface area contributed by atoms with Crippen LogP contribution in [0.3, 0.4) is 0 Å². The summed E-state index contributed by atoms with van der Waals surface area (Å²) in [5, 5.41) is 10.6. The van der Waals surface area contributed by atoms with Gasteiger partial charge in [0.05, 0.1) is 0 Å². The summed E-state index contributed by atoms with van der Waals surface area (Å²) in [5.41, 5.74) is 1.02. The Balaban J connectivity index is 2.27. The normalized spacial score (nSPS) is 11.9. The molecule has 0 saturated heterocycles. The van der Waals surface area contributed by atoms with Crippen molar-refractivity contribution in [3.05, 3.63) is 38.7 Å². The first kappa shape index (κ1) is 16.3. The Labute approximate surface area is 136 Å². The molecule has 7 heteroatoms. The highest BCUT2D eigenvalue weighted by molar-refractivity contribution is 9.10. The van der Waals surface area contributed by atoms with Gasteiger partial charge in [0.25, 0.3) is 0 Å². The maximum Gasteiger partial charge on any atom is 0.343 e. The van der Waals surface area contributed by atoms with Crippen LogP contribution in [0.4, 0.5) is 0 Å². The Morgan fingerprint density at radius 1 is 1.43 bits per heavy atom. The van der Waals surface area contributed by atoms with Gasteiger partial charge in [-0.1, -0.05) is 22.0 Å². The molecule has 0 amide bonds. The summed E-state index contributed by atoms with van der Waals surface area (Å²) in [5.74, 6) is 0. The number of hydrogen-bond donors (Lipinski definition) is 2. The van der Waals surface area contributed by atoms with Gasteiger partial charge in [0.15, 0.2) is 5.16 Å². The smallest absolute Gasteiger partial charge is 0.308 e. The molecule has 2 N–H and O–H groups in total. The fourth-order valence-corrected chi connectivity index (χ4v) is 3.13. The van der Waals surface area contributed by atoms with E-state index in [2.05, 4.69) is 58.3 Å². The van der Waals surface area contributed by atoms with E-state index in [1.54, 1.807) is 7.05 Å². The monoisotopic (exact) mass is 370 g/mol. The van der Waals surface area contributed by atoms with Gasteiger partial charge in [-0.05, 0) is 50.2 Å². The number of aromatic nitrogens is 3. The molecule has 0 radical (unpaired) electrons. The van der Waals surface area contributed by atoms with Gasteiger partial charge in [-0.2, -0.15) is 0 Å². The van der Waals surface area contributed by atoms with Crippen LogP contribution in [0.5, 0.6) is 0 Å². The Bertz CT molecular complexity index is 687. The van der Waals surface area contributed by atoms with Crippen molar-refractivity contribution >= 4 is 27.7 Å². The second-order valence-electron chi connectivity index (χ2n) is 5.83. The molecule has 0 aliphatic carbocycles. The number of nitrogens with zero attached hydrogens (tertiary/aromatic N) is 2. The molecule has 0 unspecified atom stereocenters. The Morgan fingerprint density at radius 2 is 2.14 bits per heavy atom. The van der Waals surface area contributed by atoms with E-state index in [1.165, 1.54) is 21.9 Å². The van der Waals surface area contributed by atoms with Gasteiger partial charge >= 0.3 is 5.69 Å². The quantitative estimate of drug-likeness (QED) is 0.868. The lowest BCUT2D eigenvalue weighted by Crippen LogP contribution is -2.35. The molecular formula is C14H19BrN4OS. The Hall–Kier alpha value is -1.05. The highest BCUT2D eigenvalue weighted by Gasteiger charge is 2.13. The molecule has 0 fully saturated rings. The molecule has 1 aromatic carbocycles. The van der Waals surface area contributed by atoms with E-state index >= 15 is 0 Å². The molecular weight excluding hydrogens is 352 g/mol. The van der Waals surface area contributed by atoms with Gasteiger partial charge in [0, 0.05) is 28.5 Å². The lowest BCUT2D eigenvalue weighted by atomic mass is 10.1. The van der Waals surface area contributed by atoms with Gasteiger partial charge in [0.2, 0.25) is 0 Å². The molecule has 1 heterocycles. The highest BCUT2D eigenvalue weighted by Crippen LogP contribution is 2.31. The minimum atomic E-state index is -0.207. The zero-order chi connectivity index (χ0) is 15.6. The van der Waals surface area contributed by atoms with Crippen LogP contribution in [0.15, 0.2) is 37.5 Å². The highest BCUT2D eigenvalue weighted by atomic mass is 79.9. The number of H-pyrrole nitrogens is 1. The van der Waals surface area contributed by atoms with Gasteiger partial charge < -0.3 is 5.32 Å². The predicted octanol–water partition coefficient (Wildman–Crippen LogP) is 2.91. The van der Waals surface area contributed by atoms with Gasteiger partial charge in [-0.3, -0.25) is 4.57 Å². The third kappa shape index (κ3) is 4.46. The first-order valence-corrected chi connectivity index (χ1v) is 8.20. The minimum absolute atomic E-state index is 0.0498. The van der Waals surface area contributed by atoms with Crippen LogP contribution in [0.1, 0.15) is 26.3 Å². The molecule has 2 aromatic rings. The van der Waals surface area contributed by atoms with Crippen LogP contribution in [-0.2, 0) is 13.6 Å². The fraction of sp³-hybridized carbons (Fsp3) is 0.429. The number of benzene rings is 1. The zero-order valence-corrected chi connectivity index (χ0v) is 14.9. The van der Waals surface area contributed by atoms with Crippen molar-refractivity contribution in [2.75, 3.05) is 0 Å². The third-order valence-corrected chi connectivity index (χ3v) is 4.52. The van der Waals surface area contributed by atoms with E-state index in [9.17, 15) is 4.79 Å². The maximum absolute atomic E-state index is 11.4. The molecule has 0 aliphatic rings. The van der Waals surface area contributed by atoms with E-state index in [1.807, 2.05) is 12.1 Å². The number of hydrogen-bond acceptors (Lipinski definition) is 4. The zero-order valence-electron chi connectivity index (χ0n) is 12.5. The van der Waals surface area contributed by atoms with Crippen molar-refractivity contribution in [1.82, 2.24) is 20.1 Å². The van der Waals surface area contributed by atoms with Crippen molar-refractivity contribution in [2.45, 2.75) is 42.9 Å². The van der Waals surface area contributed by atoms with Gasteiger partial charge in [0.1, 0.15) is 0 Å². The number of rotatable bonds is 4. The van der Waals surface area contributed by atoms with E-state index in [0.29, 0.717) is 5.16 Å². The van der Waals surface area contributed by atoms with Crippen LogP contribution in [0, 0.1) is 0 Å². The third-order valence-electron chi connectivity index (χ3n) is 2.88. The van der Waals surface area contributed by atoms with Crippen LogP contribution in [0.2, 0.25) is 0 Å². The first-order valence-electron chi connectivity index (χ1n) is 6.59. The van der Waals surface area contributed by atoms with Gasteiger partial charge in [-0.25, -0.2) is 9.89 Å². The molecule has 2 rings (SSSR count). The second kappa shape index (κ2) is 6.37. The molecule has 0 atom stereocenters. The molecule has 0 aliphatic heterocycles. The van der Waals surface area contributed by atoms with Crippen LogP contribution >= 0.6 is 27.7 Å². The molecule has 1 aromatic heterocycles. The maximum atomic E-state index is 11.4. The van der Waals surface area contributed by atoms with Crippen LogP contribution in [-0.4, -0.2) is 20.3 Å². The molecule has 0 saturated carbocycles. The average Bonchev–Trinajstić information content (AvgIpc) is 2.69. The topological polar surface area (TPSA) is 62.7 Å². The lowest BCUT2D eigenvalue weighted by molar-refractivity contribution is 0.422. The summed E-state index contributed by atoms with van der Waals surface area (Å²) in [4.78, 5) is 12.5. The van der Waals surface area contributed by atoms with E-state index in [-0.39, 0.29) is 11.2 Å². The summed E-state index contributed by atoms with van der Waals surface area (Å²) < 4.78 is 2.51. The average molecular weight is 371 g/mol. The van der Waals surface area contributed by atoms with Gasteiger partial charge in [-0.15, -0.1) is 5.10 Å². The molecule has 21 heavy (non-hydrogen) atoms. The van der Waals surface area contributed by atoms with Crippen molar-refractivity contribution in [3.63, 3.8) is 0 Å². The van der Waals surface area contributed by atoms with Crippen molar-refractivity contribution < 1.29 is 0 Å². The first-order chi connectivity index (χ1) is 9.76. The van der Waals surface area contributed by atoms with Crippen molar-refractivity contribution in [1.29, 1.82) is 0 Å². The van der Waals surface area contributed by atoms with E-state index in [4.69, 9.17) is 0 Å². The minimum Gasteiger partial charge on any atom is -0.308 e. The molecule has 0 bridgehead atoms. The molecule has 5 nitrogen and oxygen atoms in total. The summed E-state index contributed by atoms with van der Waals surface area (Å²) in [6, 6.07) is 6.15. The summed E-state index contributed by atoms with van der Waals surface area (Å²) in [7, 11) is 1.71. The Kier molecular flexibility index (Phi) is 4.95. The number of nitrogens with one attached hydrogen (secondary N) is 2. The summed E-state index contributed by atoms with van der Waals surface area (Å²) in [6.07, 6.45) is 0. The lowest BCUT2D eigenvalue weighted by Gasteiger charge is -2.21. The SMILES string of the molecule is Cn1c(Sc2cc(Br)ccc2CNC(C)(C)C)n[nH]c1=O. The number of halogens is 1. The largest absolute Gasteiger partial charge is 0.343 e.